The first-order chi connectivity index (χ1) is 9.66. The Hall–Kier alpha value is -2.20. The number of benzene rings is 2. The minimum atomic E-state index is -1.09. The van der Waals surface area contributed by atoms with Crippen LogP contribution in [-0.4, -0.2) is 17.2 Å². The van der Waals surface area contributed by atoms with E-state index in [9.17, 15) is 9.18 Å². The summed E-state index contributed by atoms with van der Waals surface area (Å²) in [6.45, 7) is 0.187. The van der Waals surface area contributed by atoms with Crippen LogP contribution in [0.3, 0.4) is 0 Å². The topological polar surface area (TPSA) is 46.5 Å². The summed E-state index contributed by atoms with van der Waals surface area (Å²) < 4.78 is 18.9. The van der Waals surface area contributed by atoms with Crippen LogP contribution in [0.15, 0.2) is 54.6 Å². The summed E-state index contributed by atoms with van der Waals surface area (Å²) >= 11 is 0. The van der Waals surface area contributed by atoms with Crippen molar-refractivity contribution in [1.82, 2.24) is 0 Å². The SMILES string of the molecule is O=C(O)[C@@H](Cc1ccccc1F)OCc1ccccc1. The lowest BCUT2D eigenvalue weighted by Gasteiger charge is -2.14. The van der Waals surface area contributed by atoms with Crippen molar-refractivity contribution in [2.75, 3.05) is 0 Å². The smallest absolute Gasteiger partial charge is 0.333 e. The van der Waals surface area contributed by atoms with Crippen molar-refractivity contribution in [2.24, 2.45) is 0 Å². The Morgan fingerprint density at radius 2 is 1.75 bits per heavy atom. The van der Waals surface area contributed by atoms with E-state index in [1.807, 2.05) is 30.3 Å². The third-order valence-electron chi connectivity index (χ3n) is 2.93. The molecule has 0 aromatic heterocycles. The van der Waals surface area contributed by atoms with Gasteiger partial charge in [0.1, 0.15) is 5.82 Å². The molecule has 0 saturated heterocycles. The molecule has 3 nitrogen and oxygen atoms in total. The maximum atomic E-state index is 13.5. The monoisotopic (exact) mass is 274 g/mol. The minimum absolute atomic E-state index is 0.00877. The van der Waals surface area contributed by atoms with Crippen molar-refractivity contribution in [3.8, 4) is 0 Å². The normalized spacial score (nSPS) is 12.1. The van der Waals surface area contributed by atoms with Gasteiger partial charge in [0.25, 0.3) is 0 Å². The van der Waals surface area contributed by atoms with E-state index in [-0.39, 0.29) is 13.0 Å². The minimum Gasteiger partial charge on any atom is -0.479 e. The van der Waals surface area contributed by atoms with Crippen molar-refractivity contribution < 1.29 is 19.0 Å². The average Bonchev–Trinajstić information content (AvgIpc) is 2.46. The summed E-state index contributed by atoms with van der Waals surface area (Å²) in [5.41, 5.74) is 1.22. The van der Waals surface area contributed by atoms with Gasteiger partial charge in [-0.1, -0.05) is 48.5 Å². The fraction of sp³-hybridized carbons (Fsp3) is 0.188. The van der Waals surface area contributed by atoms with Crippen molar-refractivity contribution in [1.29, 1.82) is 0 Å². The Kier molecular flexibility index (Phi) is 4.85. The highest BCUT2D eigenvalue weighted by molar-refractivity contribution is 5.72. The lowest BCUT2D eigenvalue weighted by atomic mass is 10.1. The van der Waals surface area contributed by atoms with Crippen LogP contribution in [0.5, 0.6) is 0 Å². The first-order valence-electron chi connectivity index (χ1n) is 6.28. The first kappa shape index (κ1) is 14.2. The molecule has 0 unspecified atom stereocenters. The number of carboxylic acids is 1. The van der Waals surface area contributed by atoms with Gasteiger partial charge in [0.05, 0.1) is 6.61 Å². The van der Waals surface area contributed by atoms with Crippen LogP contribution in [0.2, 0.25) is 0 Å². The Labute approximate surface area is 116 Å². The second kappa shape index (κ2) is 6.82. The Bertz CT molecular complexity index is 569. The lowest BCUT2D eigenvalue weighted by molar-refractivity contribution is -0.151. The predicted molar refractivity (Wildman–Crippen MR) is 72.8 cm³/mol. The number of rotatable bonds is 6. The number of carbonyl (C=O) groups is 1. The molecule has 0 heterocycles. The number of halogens is 1. The molecule has 0 amide bonds. The van der Waals surface area contributed by atoms with Crippen molar-refractivity contribution in [2.45, 2.75) is 19.1 Å². The predicted octanol–water partition coefficient (Wildman–Crippen LogP) is 3.04. The molecule has 0 aliphatic carbocycles. The summed E-state index contributed by atoms with van der Waals surface area (Å²) in [5.74, 6) is -1.51. The molecule has 0 aliphatic heterocycles. The molecule has 2 aromatic rings. The summed E-state index contributed by atoms with van der Waals surface area (Å²) in [6, 6.07) is 15.4. The van der Waals surface area contributed by atoms with Gasteiger partial charge in [-0.25, -0.2) is 9.18 Å². The molecule has 104 valence electrons. The molecular weight excluding hydrogens is 259 g/mol. The number of ether oxygens (including phenoxy) is 1. The first-order valence-corrected chi connectivity index (χ1v) is 6.28. The molecule has 0 radical (unpaired) electrons. The van der Waals surface area contributed by atoms with Crippen LogP contribution in [0.1, 0.15) is 11.1 Å². The summed E-state index contributed by atoms with van der Waals surface area (Å²) in [5, 5.41) is 9.16. The highest BCUT2D eigenvalue weighted by Crippen LogP contribution is 2.13. The van der Waals surface area contributed by atoms with E-state index >= 15 is 0 Å². The molecule has 0 spiro atoms. The van der Waals surface area contributed by atoms with Crippen LogP contribution in [0.4, 0.5) is 4.39 Å². The Morgan fingerprint density at radius 1 is 1.10 bits per heavy atom. The van der Waals surface area contributed by atoms with Gasteiger partial charge in [-0.05, 0) is 17.2 Å². The standard InChI is InChI=1S/C16H15FO3/c17-14-9-5-4-8-13(14)10-15(16(18)19)20-11-12-6-2-1-3-7-12/h1-9,15H,10-11H2,(H,18,19)/t15-/m1/s1. The Morgan fingerprint density at radius 3 is 2.40 bits per heavy atom. The van der Waals surface area contributed by atoms with Gasteiger partial charge in [0, 0.05) is 6.42 Å². The molecule has 2 aromatic carbocycles. The molecule has 0 saturated carbocycles. The van der Waals surface area contributed by atoms with Gasteiger partial charge in [0.2, 0.25) is 0 Å². The molecule has 0 bridgehead atoms. The van der Waals surface area contributed by atoms with Crippen LogP contribution in [-0.2, 0) is 22.6 Å². The highest BCUT2D eigenvalue weighted by Gasteiger charge is 2.20. The van der Waals surface area contributed by atoms with E-state index < -0.39 is 17.9 Å². The Balaban J connectivity index is 2.01. The maximum Gasteiger partial charge on any atom is 0.333 e. The molecular formula is C16H15FO3. The van der Waals surface area contributed by atoms with E-state index in [1.54, 1.807) is 18.2 Å². The van der Waals surface area contributed by atoms with Crippen LogP contribution >= 0.6 is 0 Å². The molecule has 2 rings (SSSR count). The van der Waals surface area contributed by atoms with Crippen molar-refractivity contribution in [3.63, 3.8) is 0 Å². The van der Waals surface area contributed by atoms with E-state index in [1.165, 1.54) is 6.07 Å². The van der Waals surface area contributed by atoms with Gasteiger partial charge >= 0.3 is 5.97 Å². The van der Waals surface area contributed by atoms with Gasteiger partial charge in [0.15, 0.2) is 6.10 Å². The summed E-state index contributed by atoms with van der Waals surface area (Å²) in [7, 11) is 0. The van der Waals surface area contributed by atoms with Crippen molar-refractivity contribution >= 4 is 5.97 Å². The number of carboxylic acid groups (broad SMARTS) is 1. The summed E-state index contributed by atoms with van der Waals surface area (Å²) in [6.07, 6.45) is -1.05. The van der Waals surface area contributed by atoms with Crippen LogP contribution in [0.25, 0.3) is 0 Å². The largest absolute Gasteiger partial charge is 0.479 e. The van der Waals surface area contributed by atoms with Crippen molar-refractivity contribution in [3.05, 3.63) is 71.5 Å². The highest BCUT2D eigenvalue weighted by atomic mass is 19.1. The van der Waals surface area contributed by atoms with Gasteiger partial charge in [-0.15, -0.1) is 0 Å². The fourth-order valence-electron chi connectivity index (χ4n) is 1.85. The number of hydrogen-bond acceptors (Lipinski definition) is 2. The zero-order valence-corrected chi connectivity index (χ0v) is 10.8. The molecule has 4 heteroatoms. The van der Waals surface area contributed by atoms with Gasteiger partial charge in [-0.3, -0.25) is 0 Å². The average molecular weight is 274 g/mol. The lowest BCUT2D eigenvalue weighted by Crippen LogP contribution is -2.26. The van der Waals surface area contributed by atoms with Crippen LogP contribution < -0.4 is 0 Å². The van der Waals surface area contributed by atoms with Gasteiger partial charge in [-0.2, -0.15) is 0 Å². The quantitative estimate of drug-likeness (QED) is 0.880. The van der Waals surface area contributed by atoms with Gasteiger partial charge < -0.3 is 9.84 Å². The fourth-order valence-corrected chi connectivity index (χ4v) is 1.85. The third-order valence-corrected chi connectivity index (χ3v) is 2.93. The van der Waals surface area contributed by atoms with E-state index in [0.29, 0.717) is 5.56 Å². The second-order valence-electron chi connectivity index (χ2n) is 4.42. The molecule has 1 N–H and O–H groups in total. The van der Waals surface area contributed by atoms with E-state index in [2.05, 4.69) is 0 Å². The van der Waals surface area contributed by atoms with E-state index in [4.69, 9.17) is 9.84 Å². The number of aliphatic carboxylic acids is 1. The molecule has 0 aliphatic rings. The maximum absolute atomic E-state index is 13.5. The molecule has 0 fully saturated rings. The zero-order valence-electron chi connectivity index (χ0n) is 10.8. The summed E-state index contributed by atoms with van der Waals surface area (Å²) in [4.78, 5) is 11.2. The molecule has 1 atom stereocenters. The second-order valence-corrected chi connectivity index (χ2v) is 4.42. The van der Waals surface area contributed by atoms with E-state index in [0.717, 1.165) is 5.56 Å². The molecule has 20 heavy (non-hydrogen) atoms. The third kappa shape index (κ3) is 3.90. The zero-order chi connectivity index (χ0) is 14.4. The van der Waals surface area contributed by atoms with Crippen LogP contribution in [0, 0.1) is 5.82 Å². The number of hydrogen-bond donors (Lipinski definition) is 1.